The van der Waals surface area contributed by atoms with E-state index in [-0.39, 0.29) is 35.9 Å². The summed E-state index contributed by atoms with van der Waals surface area (Å²) in [6.07, 6.45) is 0.168. The van der Waals surface area contributed by atoms with E-state index in [1.54, 1.807) is 0 Å². The van der Waals surface area contributed by atoms with Crippen LogP contribution in [0.15, 0.2) is 24.3 Å². The minimum absolute atomic E-state index is 0.0413. The Morgan fingerprint density at radius 1 is 0.654 bits per heavy atom. The molecule has 0 atom stereocenters. The number of hydrogen-bond donors (Lipinski definition) is 6. The monoisotopic (exact) mass is 364 g/mol. The predicted molar refractivity (Wildman–Crippen MR) is 91.6 cm³/mol. The Hall–Kier alpha value is -3.42. The fraction of sp³-hybridized carbons (Fsp3) is 0.222. The lowest BCUT2D eigenvalue weighted by Gasteiger charge is -2.04. The Morgan fingerprint density at radius 2 is 1.12 bits per heavy atom. The Bertz CT molecular complexity index is 803. The number of phenolic OH excluding ortho intramolecular Hbond substituents is 6. The van der Waals surface area contributed by atoms with Gasteiger partial charge in [0.05, 0.1) is 0 Å². The maximum atomic E-state index is 10.7. The maximum absolute atomic E-state index is 10.7. The first-order chi connectivity index (χ1) is 12.0. The van der Waals surface area contributed by atoms with Crippen molar-refractivity contribution >= 4 is 11.6 Å². The standard InChI is InChI=1S/2C9H10O4/c1-5(10)2-6-3-8(12)9(13)4-7(6)11;1-5(10)2-6-3-7(11)9(13)8(12)4-6/h2*3-4,11-13H,2H2,1H3. The number of aromatic hydroxyl groups is 6. The van der Waals surface area contributed by atoms with E-state index >= 15 is 0 Å². The molecule has 140 valence electrons. The minimum Gasteiger partial charge on any atom is -0.508 e. The van der Waals surface area contributed by atoms with Crippen molar-refractivity contribution in [2.75, 3.05) is 0 Å². The van der Waals surface area contributed by atoms with Gasteiger partial charge >= 0.3 is 0 Å². The topological polar surface area (TPSA) is 156 Å². The molecule has 0 heterocycles. The molecule has 26 heavy (non-hydrogen) atoms. The molecule has 0 fully saturated rings. The van der Waals surface area contributed by atoms with Crippen LogP contribution in [0.5, 0.6) is 34.5 Å². The molecule has 2 rings (SSSR count). The molecule has 2 aromatic carbocycles. The van der Waals surface area contributed by atoms with Gasteiger partial charge in [-0.1, -0.05) is 0 Å². The van der Waals surface area contributed by atoms with Crippen molar-refractivity contribution in [2.24, 2.45) is 0 Å². The van der Waals surface area contributed by atoms with E-state index in [4.69, 9.17) is 25.5 Å². The highest BCUT2D eigenvalue weighted by atomic mass is 16.3. The van der Waals surface area contributed by atoms with Gasteiger partial charge < -0.3 is 30.6 Å². The molecule has 0 radical (unpaired) electrons. The van der Waals surface area contributed by atoms with E-state index in [2.05, 4.69) is 0 Å². The summed E-state index contributed by atoms with van der Waals surface area (Å²) >= 11 is 0. The van der Waals surface area contributed by atoms with Gasteiger partial charge in [0.1, 0.15) is 17.3 Å². The van der Waals surface area contributed by atoms with Crippen molar-refractivity contribution < 1.29 is 40.2 Å². The van der Waals surface area contributed by atoms with Gasteiger partial charge in [-0.25, -0.2) is 0 Å². The van der Waals surface area contributed by atoms with Crippen LogP contribution in [0, 0.1) is 0 Å². The van der Waals surface area contributed by atoms with Crippen molar-refractivity contribution in [1.29, 1.82) is 0 Å². The van der Waals surface area contributed by atoms with Gasteiger partial charge in [-0.15, -0.1) is 0 Å². The van der Waals surface area contributed by atoms with E-state index < -0.39 is 23.0 Å². The van der Waals surface area contributed by atoms with Crippen molar-refractivity contribution in [3.63, 3.8) is 0 Å². The summed E-state index contributed by atoms with van der Waals surface area (Å²) in [5.41, 5.74) is 0.781. The summed E-state index contributed by atoms with van der Waals surface area (Å²) in [5, 5.41) is 54.4. The molecule has 8 heteroatoms. The number of phenols is 6. The van der Waals surface area contributed by atoms with Crippen molar-refractivity contribution in [2.45, 2.75) is 26.7 Å². The van der Waals surface area contributed by atoms with Crippen LogP contribution >= 0.6 is 0 Å². The molecule has 0 amide bonds. The second kappa shape index (κ2) is 8.61. The van der Waals surface area contributed by atoms with Crippen LogP contribution in [0.25, 0.3) is 0 Å². The summed E-state index contributed by atoms with van der Waals surface area (Å²) < 4.78 is 0. The fourth-order valence-corrected chi connectivity index (χ4v) is 2.07. The summed E-state index contributed by atoms with van der Waals surface area (Å²) in [5.74, 6) is -2.53. The summed E-state index contributed by atoms with van der Waals surface area (Å²) in [6.45, 7) is 2.78. The van der Waals surface area contributed by atoms with Crippen LogP contribution in [0.1, 0.15) is 25.0 Å². The lowest BCUT2D eigenvalue weighted by Crippen LogP contribution is -1.96. The summed E-state index contributed by atoms with van der Waals surface area (Å²) in [4.78, 5) is 21.4. The number of hydrogen-bond acceptors (Lipinski definition) is 8. The lowest BCUT2D eigenvalue weighted by molar-refractivity contribution is -0.117. The van der Waals surface area contributed by atoms with Crippen LogP contribution in [0.4, 0.5) is 0 Å². The third-order valence-corrected chi connectivity index (χ3v) is 3.20. The van der Waals surface area contributed by atoms with E-state index in [1.807, 2.05) is 0 Å². The molecule has 0 spiro atoms. The number of benzene rings is 2. The van der Waals surface area contributed by atoms with Crippen molar-refractivity contribution in [3.8, 4) is 34.5 Å². The Labute approximate surface area is 149 Å². The van der Waals surface area contributed by atoms with Gasteiger partial charge in [0.15, 0.2) is 28.7 Å². The second-order valence-corrected chi connectivity index (χ2v) is 5.71. The molecule has 0 bridgehead atoms. The van der Waals surface area contributed by atoms with E-state index in [1.165, 1.54) is 32.0 Å². The number of ketones is 2. The number of carbonyl (C=O) groups excluding carboxylic acids is 2. The van der Waals surface area contributed by atoms with Gasteiger partial charge in [0.2, 0.25) is 0 Å². The van der Waals surface area contributed by atoms with Gasteiger partial charge in [0.25, 0.3) is 0 Å². The summed E-state index contributed by atoms with van der Waals surface area (Å²) in [7, 11) is 0. The zero-order valence-corrected chi connectivity index (χ0v) is 14.2. The molecule has 0 aliphatic heterocycles. The number of rotatable bonds is 4. The largest absolute Gasteiger partial charge is 0.508 e. The molecule has 6 N–H and O–H groups in total. The Morgan fingerprint density at radius 3 is 1.58 bits per heavy atom. The minimum atomic E-state index is -0.563. The van der Waals surface area contributed by atoms with Gasteiger partial charge in [-0.05, 0) is 37.6 Å². The molecule has 0 unspecified atom stereocenters. The molecule has 0 aliphatic carbocycles. The molecular formula is C18H20O8. The summed E-state index contributed by atoms with van der Waals surface area (Å²) in [6, 6.07) is 4.67. The quantitative estimate of drug-likeness (QED) is 0.355. The molecule has 0 aromatic heterocycles. The van der Waals surface area contributed by atoms with E-state index in [0.29, 0.717) is 11.1 Å². The highest BCUT2D eigenvalue weighted by Gasteiger charge is 2.09. The highest BCUT2D eigenvalue weighted by Crippen LogP contribution is 2.35. The van der Waals surface area contributed by atoms with E-state index in [9.17, 15) is 14.7 Å². The number of carbonyl (C=O) groups is 2. The van der Waals surface area contributed by atoms with Crippen molar-refractivity contribution in [3.05, 3.63) is 35.4 Å². The predicted octanol–water partition coefficient (Wildman–Crippen LogP) is 1.87. The molecular weight excluding hydrogens is 344 g/mol. The van der Waals surface area contributed by atoms with Crippen LogP contribution in [-0.2, 0) is 22.4 Å². The SMILES string of the molecule is CC(=O)Cc1cc(O)c(O)c(O)c1.CC(=O)Cc1cc(O)c(O)cc1O. The van der Waals surface area contributed by atoms with Gasteiger partial charge in [-0.2, -0.15) is 0 Å². The molecule has 8 nitrogen and oxygen atoms in total. The highest BCUT2D eigenvalue weighted by molar-refractivity contribution is 5.79. The van der Waals surface area contributed by atoms with E-state index in [0.717, 1.165) is 6.07 Å². The third kappa shape index (κ3) is 5.90. The first-order valence-electron chi connectivity index (χ1n) is 7.47. The fourth-order valence-electron chi connectivity index (χ4n) is 2.07. The smallest absolute Gasteiger partial charge is 0.200 e. The molecule has 0 saturated carbocycles. The first-order valence-corrected chi connectivity index (χ1v) is 7.47. The Kier molecular flexibility index (Phi) is 6.83. The lowest BCUT2D eigenvalue weighted by atomic mass is 10.1. The molecule has 0 saturated heterocycles. The second-order valence-electron chi connectivity index (χ2n) is 5.71. The zero-order chi connectivity index (χ0) is 20.0. The van der Waals surface area contributed by atoms with Crippen LogP contribution in [0.3, 0.4) is 0 Å². The molecule has 2 aromatic rings. The average molecular weight is 364 g/mol. The number of Topliss-reactive ketones (excluding diaryl/α,β-unsaturated/α-hetero) is 2. The van der Waals surface area contributed by atoms with Crippen LogP contribution < -0.4 is 0 Å². The average Bonchev–Trinajstić information content (AvgIpc) is 2.50. The van der Waals surface area contributed by atoms with Crippen LogP contribution in [0.2, 0.25) is 0 Å². The third-order valence-electron chi connectivity index (χ3n) is 3.20. The first kappa shape index (κ1) is 20.6. The molecule has 0 aliphatic rings. The van der Waals surface area contributed by atoms with Gasteiger partial charge in [-0.3, -0.25) is 9.59 Å². The maximum Gasteiger partial charge on any atom is 0.200 e. The van der Waals surface area contributed by atoms with Gasteiger partial charge in [0, 0.05) is 24.5 Å². The normalized spacial score (nSPS) is 9.92. The Balaban J connectivity index is 0.000000260. The van der Waals surface area contributed by atoms with Crippen LogP contribution in [-0.4, -0.2) is 42.2 Å². The zero-order valence-electron chi connectivity index (χ0n) is 14.2. The van der Waals surface area contributed by atoms with Crippen molar-refractivity contribution in [1.82, 2.24) is 0 Å².